The van der Waals surface area contributed by atoms with Crippen molar-refractivity contribution < 1.29 is 145 Å². The first-order valence-electron chi connectivity index (χ1n) is 9.39. The predicted molar refractivity (Wildman–Crippen MR) is 77.8 cm³/mol. The molecule has 0 atom stereocenters. The molecule has 0 saturated heterocycles. The van der Waals surface area contributed by atoms with Crippen molar-refractivity contribution in [3.8, 4) is 0 Å². The summed E-state index contributed by atoms with van der Waals surface area (Å²) in [6, 6.07) is 0. The van der Waals surface area contributed by atoms with Crippen LogP contribution in [0.15, 0.2) is 0 Å². The monoisotopic (exact) mass is 802 g/mol. The van der Waals surface area contributed by atoms with Gasteiger partial charge in [0.2, 0.25) is 0 Å². The molecule has 0 aliphatic heterocycles. The Morgan fingerprint density at radius 2 is 0.404 bits per heavy atom. The maximum atomic E-state index is 14.2. The van der Waals surface area contributed by atoms with Gasteiger partial charge in [-0.1, -0.05) is 0 Å². The minimum absolute atomic E-state index is 1.26. The van der Waals surface area contributed by atoms with E-state index in [1.54, 1.807) is 0 Å². The molecule has 0 rings (SSSR count). The molecule has 0 fully saturated rings. The van der Waals surface area contributed by atoms with Crippen molar-refractivity contribution in [2.75, 3.05) is 0 Å². The van der Waals surface area contributed by atoms with Gasteiger partial charge in [-0.05, 0) is 0 Å². The molecule has 284 valence electrons. The van der Waals surface area contributed by atoms with Gasteiger partial charge < -0.3 is 0 Å². The highest BCUT2D eigenvalue weighted by atomic mass is 28.4. The Labute approximate surface area is 233 Å². The SMILES string of the molecule is FC(F)(F)O[Si](OC(F)(F)F)(OC(F)(F)F)C(F)(F)C(F)(F)C(F)(F)C(F)(F)C(F)(F)C(F)(F)C(F)(F)C(F)(F)C(F)(F)C(F)(F)F. The first-order valence-corrected chi connectivity index (χ1v) is 11.1. The average molecular weight is 802 g/mol. The van der Waals surface area contributed by atoms with E-state index in [0.29, 0.717) is 0 Å². The molecule has 0 bridgehead atoms. The van der Waals surface area contributed by atoms with E-state index in [0.717, 1.165) is 0 Å². The Kier molecular flexibility index (Phi) is 10.8. The molecule has 0 spiro atoms. The van der Waals surface area contributed by atoms with E-state index < -0.39 is 87.0 Å². The molecule has 0 aromatic heterocycles. The van der Waals surface area contributed by atoms with E-state index in [4.69, 9.17) is 0 Å². The highest BCUT2D eigenvalue weighted by Gasteiger charge is 3.00. The zero-order valence-electron chi connectivity index (χ0n) is 19.6. The Balaban J connectivity index is 7.86. The van der Waals surface area contributed by atoms with Crippen LogP contribution in [0.25, 0.3) is 0 Å². The van der Waals surface area contributed by atoms with E-state index in [9.17, 15) is 132 Å². The van der Waals surface area contributed by atoms with E-state index in [2.05, 4.69) is 0 Å². The lowest BCUT2D eigenvalue weighted by Gasteiger charge is -2.46. The summed E-state index contributed by atoms with van der Waals surface area (Å²) >= 11 is 0. The Bertz CT molecular complexity index is 1070. The lowest BCUT2D eigenvalue weighted by molar-refractivity contribution is -0.474. The van der Waals surface area contributed by atoms with Gasteiger partial charge in [0.15, 0.2) is 0 Å². The second-order valence-electron chi connectivity index (χ2n) is 7.87. The van der Waals surface area contributed by atoms with Gasteiger partial charge in [-0.15, -0.1) is 39.5 Å². The maximum Gasteiger partial charge on any atom is 0.601 e. The largest absolute Gasteiger partial charge is 0.601 e. The molecule has 0 heterocycles. The highest BCUT2D eigenvalue weighted by molar-refractivity contribution is 6.64. The lowest BCUT2D eigenvalue weighted by atomic mass is 9.87. The predicted octanol–water partition coefficient (Wildman–Crippen LogP) is 9.35. The molecular weight excluding hydrogens is 802 g/mol. The molecule has 0 aromatic rings. The summed E-state index contributed by atoms with van der Waals surface area (Å²) in [4.78, 5) is 0. The summed E-state index contributed by atoms with van der Waals surface area (Å²) in [5.74, 6) is -77.2. The summed E-state index contributed by atoms with van der Waals surface area (Å²) in [5.41, 5.74) is -9.38. The number of hydrogen-bond donors (Lipinski definition) is 0. The van der Waals surface area contributed by atoms with Crippen LogP contribution in [0.2, 0.25) is 0 Å². The van der Waals surface area contributed by atoms with Gasteiger partial charge in [0.1, 0.15) is 0 Å². The molecular formula is C13F30O3Si. The van der Waals surface area contributed by atoms with Crippen molar-refractivity contribution in [3.05, 3.63) is 0 Å². The van der Waals surface area contributed by atoms with Gasteiger partial charge in [0, 0.05) is 0 Å². The minimum atomic E-state index is -10.7. The molecule has 0 aliphatic carbocycles. The first kappa shape index (κ1) is 45.0. The smallest absolute Gasteiger partial charge is 0.280 e. The van der Waals surface area contributed by atoms with E-state index in [1.165, 1.54) is 13.3 Å². The molecule has 3 nitrogen and oxygen atoms in total. The number of hydrogen-bond acceptors (Lipinski definition) is 3. The van der Waals surface area contributed by atoms with Crippen molar-refractivity contribution in [1.29, 1.82) is 0 Å². The molecule has 0 aromatic carbocycles. The van der Waals surface area contributed by atoms with Crippen LogP contribution in [0.3, 0.4) is 0 Å². The fraction of sp³-hybridized carbons (Fsp3) is 1.00. The normalized spacial score (nSPS) is 17.0. The summed E-state index contributed by atoms with van der Waals surface area (Å²) in [6.45, 7) is 0. The maximum absolute atomic E-state index is 14.2. The third-order valence-corrected chi connectivity index (χ3v) is 7.23. The van der Waals surface area contributed by atoms with Gasteiger partial charge in [-0.25, -0.2) is 0 Å². The zero-order valence-corrected chi connectivity index (χ0v) is 20.6. The van der Waals surface area contributed by atoms with Crippen LogP contribution < -0.4 is 0 Å². The van der Waals surface area contributed by atoms with Crippen molar-refractivity contribution >= 4 is 8.80 Å². The topological polar surface area (TPSA) is 27.7 Å². The van der Waals surface area contributed by atoms with Gasteiger partial charge in [0.05, 0.1) is 0 Å². The van der Waals surface area contributed by atoms with E-state index >= 15 is 0 Å². The van der Waals surface area contributed by atoms with Crippen LogP contribution in [0.1, 0.15) is 0 Å². The van der Waals surface area contributed by atoms with Crippen LogP contribution in [-0.2, 0) is 13.3 Å². The van der Waals surface area contributed by atoms with Crippen LogP contribution in [-0.4, -0.2) is 87.0 Å². The van der Waals surface area contributed by atoms with E-state index in [1.807, 2.05) is 0 Å². The Morgan fingerprint density at radius 1 is 0.234 bits per heavy atom. The fourth-order valence-corrected chi connectivity index (χ4v) is 4.43. The summed E-state index contributed by atoms with van der Waals surface area (Å²) in [7, 11) is -10.7. The van der Waals surface area contributed by atoms with Crippen molar-refractivity contribution in [2.24, 2.45) is 0 Å². The quantitative estimate of drug-likeness (QED) is 0.146. The van der Waals surface area contributed by atoms with Crippen molar-refractivity contribution in [2.45, 2.75) is 78.2 Å². The van der Waals surface area contributed by atoms with Crippen LogP contribution in [0.5, 0.6) is 0 Å². The summed E-state index contributed by atoms with van der Waals surface area (Å²) in [5, 5.41) is 0. The Hall–Kier alpha value is -2.00. The average Bonchev–Trinajstić information content (AvgIpc) is 2.73. The van der Waals surface area contributed by atoms with Gasteiger partial charge in [0.25, 0.3) is 0 Å². The summed E-state index contributed by atoms with van der Waals surface area (Å²) < 4.78 is 396. The van der Waals surface area contributed by atoms with Gasteiger partial charge >= 0.3 is 87.0 Å². The molecule has 0 amide bonds. The van der Waals surface area contributed by atoms with Crippen LogP contribution in [0, 0.1) is 0 Å². The molecule has 0 unspecified atom stereocenters. The minimum Gasteiger partial charge on any atom is -0.280 e. The van der Waals surface area contributed by atoms with Crippen LogP contribution >= 0.6 is 0 Å². The zero-order chi connectivity index (χ0) is 39.1. The first-order chi connectivity index (χ1) is 19.6. The number of alkyl halides is 30. The Morgan fingerprint density at radius 3 is 0.574 bits per heavy atom. The third-order valence-electron chi connectivity index (χ3n) is 4.65. The van der Waals surface area contributed by atoms with Crippen molar-refractivity contribution in [1.82, 2.24) is 0 Å². The standard InChI is InChI=1S/C13F30O3Si/c14-1(15,3(18,19)5(22,23)7(26,27)9(30,31)32)2(16,17)4(20,21)6(24,25)8(28,29)10(33,34)47(44-11(35,36)37,45-12(38,39)40)46-13(41,42)43. The van der Waals surface area contributed by atoms with Crippen LogP contribution in [0.4, 0.5) is 132 Å². The molecule has 0 N–H and O–H groups in total. The second-order valence-corrected chi connectivity index (χ2v) is 10.2. The highest BCUT2D eigenvalue weighted by Crippen LogP contribution is 2.67. The number of halogens is 30. The molecule has 0 saturated carbocycles. The fourth-order valence-electron chi connectivity index (χ4n) is 2.46. The van der Waals surface area contributed by atoms with Crippen molar-refractivity contribution in [3.63, 3.8) is 0 Å². The number of rotatable bonds is 12. The second kappa shape index (κ2) is 11.3. The van der Waals surface area contributed by atoms with E-state index in [-0.39, 0.29) is 0 Å². The molecule has 47 heavy (non-hydrogen) atoms. The molecule has 34 heteroatoms. The third kappa shape index (κ3) is 6.91. The summed E-state index contributed by atoms with van der Waals surface area (Å²) in [6.07, 6.45) is -31.8. The lowest BCUT2D eigenvalue weighted by Crippen LogP contribution is -2.80. The molecule has 0 aliphatic rings. The molecule has 0 radical (unpaired) electrons. The van der Waals surface area contributed by atoms with Gasteiger partial charge in [-0.3, -0.25) is 13.3 Å². The van der Waals surface area contributed by atoms with Gasteiger partial charge in [-0.2, -0.15) is 92.2 Å².